The predicted octanol–water partition coefficient (Wildman–Crippen LogP) is 4.51. The molecule has 4 heteroatoms. The number of nitrogens with one attached hydrogen (secondary N) is 1. The first-order valence-electron chi connectivity index (χ1n) is 7.27. The summed E-state index contributed by atoms with van der Waals surface area (Å²) in [6.07, 6.45) is 0.873. The van der Waals surface area contributed by atoms with Gasteiger partial charge in [-0.15, -0.1) is 0 Å². The van der Waals surface area contributed by atoms with Gasteiger partial charge in [-0.2, -0.15) is 0 Å². The molecule has 0 aliphatic carbocycles. The maximum Gasteiger partial charge on any atom is 0.219 e. The summed E-state index contributed by atoms with van der Waals surface area (Å²) in [4.78, 5) is 4.52. The molecule has 0 spiro atoms. The van der Waals surface area contributed by atoms with E-state index in [0.717, 1.165) is 30.8 Å². The maximum absolute atomic E-state index is 6.18. The van der Waals surface area contributed by atoms with Crippen LogP contribution in [-0.4, -0.2) is 11.5 Å². The molecule has 0 saturated carbocycles. The van der Waals surface area contributed by atoms with Crippen LogP contribution in [0, 0.1) is 6.92 Å². The van der Waals surface area contributed by atoms with Crippen LogP contribution in [0.1, 0.15) is 30.7 Å². The molecule has 3 nitrogen and oxygen atoms in total. The van der Waals surface area contributed by atoms with Crippen molar-refractivity contribution >= 4 is 11.6 Å². The van der Waals surface area contributed by atoms with Crippen LogP contribution in [0.3, 0.4) is 0 Å². The van der Waals surface area contributed by atoms with Gasteiger partial charge in [0, 0.05) is 18.3 Å². The summed E-state index contributed by atoms with van der Waals surface area (Å²) in [5.41, 5.74) is 3.29. The Balaban J connectivity index is 2.27. The van der Waals surface area contributed by atoms with Crippen molar-refractivity contribution in [2.75, 3.05) is 6.54 Å². The average Bonchev–Trinajstić information content (AvgIpc) is 2.48. The van der Waals surface area contributed by atoms with Crippen molar-refractivity contribution in [2.24, 2.45) is 0 Å². The fraction of sp³-hybridized carbons (Fsp3) is 0.353. The molecule has 1 aromatic heterocycles. The summed E-state index contributed by atoms with van der Waals surface area (Å²) in [7, 11) is 0. The van der Waals surface area contributed by atoms with Gasteiger partial charge in [-0.3, -0.25) is 0 Å². The van der Waals surface area contributed by atoms with E-state index in [0.29, 0.717) is 16.7 Å². The van der Waals surface area contributed by atoms with Crippen LogP contribution in [0.25, 0.3) is 0 Å². The van der Waals surface area contributed by atoms with E-state index < -0.39 is 0 Å². The Morgan fingerprint density at radius 3 is 2.71 bits per heavy atom. The zero-order chi connectivity index (χ0) is 15.2. The van der Waals surface area contributed by atoms with Crippen LogP contribution < -0.4 is 10.1 Å². The molecule has 0 atom stereocenters. The minimum Gasteiger partial charge on any atom is -0.437 e. The Kier molecular flexibility index (Phi) is 5.59. The quantitative estimate of drug-likeness (QED) is 0.852. The lowest BCUT2D eigenvalue weighted by Crippen LogP contribution is -2.12. The molecule has 2 rings (SSSR count). The number of ether oxygens (including phenoxy) is 1. The van der Waals surface area contributed by atoms with Crippen LogP contribution in [0.4, 0.5) is 0 Å². The maximum atomic E-state index is 6.18. The van der Waals surface area contributed by atoms with Gasteiger partial charge in [0.05, 0.1) is 5.02 Å². The molecule has 2 aromatic rings. The van der Waals surface area contributed by atoms with E-state index in [9.17, 15) is 0 Å². The Labute approximate surface area is 131 Å². The predicted molar refractivity (Wildman–Crippen MR) is 87.3 cm³/mol. The third-order valence-electron chi connectivity index (χ3n) is 3.16. The fourth-order valence-electron chi connectivity index (χ4n) is 2.03. The van der Waals surface area contributed by atoms with Crippen LogP contribution in [0.15, 0.2) is 30.3 Å². The van der Waals surface area contributed by atoms with Crippen molar-refractivity contribution in [3.63, 3.8) is 0 Å². The molecule has 1 aromatic carbocycles. The van der Waals surface area contributed by atoms with Crippen LogP contribution >= 0.6 is 11.6 Å². The molecular formula is C17H21ClN2O. The number of aromatic nitrogens is 1. The van der Waals surface area contributed by atoms with Crippen LogP contribution in [-0.2, 0) is 13.0 Å². The molecule has 0 saturated heterocycles. The highest BCUT2D eigenvalue weighted by Crippen LogP contribution is 2.29. The monoisotopic (exact) mass is 304 g/mol. The fourth-order valence-corrected chi connectivity index (χ4v) is 2.18. The molecule has 1 N–H and O–H groups in total. The van der Waals surface area contributed by atoms with E-state index in [4.69, 9.17) is 16.3 Å². The minimum atomic E-state index is 0.592. The van der Waals surface area contributed by atoms with E-state index in [1.807, 2.05) is 31.2 Å². The van der Waals surface area contributed by atoms with Gasteiger partial charge in [-0.05, 0) is 49.2 Å². The van der Waals surface area contributed by atoms with E-state index in [2.05, 4.69) is 30.2 Å². The molecule has 0 aliphatic heterocycles. The van der Waals surface area contributed by atoms with Crippen molar-refractivity contribution in [3.05, 3.63) is 52.2 Å². The van der Waals surface area contributed by atoms with E-state index in [-0.39, 0.29) is 0 Å². The zero-order valence-corrected chi connectivity index (χ0v) is 13.5. The highest BCUT2D eigenvalue weighted by molar-refractivity contribution is 6.32. The number of halogens is 1. The largest absolute Gasteiger partial charge is 0.437 e. The van der Waals surface area contributed by atoms with Crippen molar-refractivity contribution in [1.29, 1.82) is 0 Å². The molecule has 0 aliphatic rings. The number of benzene rings is 1. The van der Waals surface area contributed by atoms with E-state index >= 15 is 0 Å². The SMILES string of the molecule is CCNCc1cc(CC)nc(Oc2cc(C)ccc2Cl)c1. The summed E-state index contributed by atoms with van der Waals surface area (Å²) in [6, 6.07) is 9.79. The lowest BCUT2D eigenvalue weighted by atomic mass is 10.2. The minimum absolute atomic E-state index is 0.592. The van der Waals surface area contributed by atoms with Gasteiger partial charge >= 0.3 is 0 Å². The Morgan fingerprint density at radius 2 is 2.00 bits per heavy atom. The van der Waals surface area contributed by atoms with Crippen molar-refractivity contribution < 1.29 is 4.74 Å². The number of nitrogens with zero attached hydrogens (tertiary/aromatic N) is 1. The molecule has 21 heavy (non-hydrogen) atoms. The van der Waals surface area contributed by atoms with Gasteiger partial charge < -0.3 is 10.1 Å². The van der Waals surface area contributed by atoms with Gasteiger partial charge in [-0.1, -0.05) is 31.5 Å². The number of pyridine rings is 1. The second-order valence-electron chi connectivity index (χ2n) is 4.97. The Bertz CT molecular complexity index is 614. The third-order valence-corrected chi connectivity index (χ3v) is 3.47. The smallest absolute Gasteiger partial charge is 0.219 e. The first kappa shape index (κ1) is 15.8. The highest BCUT2D eigenvalue weighted by atomic mass is 35.5. The topological polar surface area (TPSA) is 34.2 Å². The normalized spacial score (nSPS) is 10.7. The zero-order valence-electron chi connectivity index (χ0n) is 12.7. The summed E-state index contributed by atoms with van der Waals surface area (Å²) in [6.45, 7) is 7.93. The lowest BCUT2D eigenvalue weighted by molar-refractivity contribution is 0.459. The first-order valence-corrected chi connectivity index (χ1v) is 7.64. The third kappa shape index (κ3) is 4.45. The summed E-state index contributed by atoms with van der Waals surface area (Å²) in [5, 5.41) is 3.91. The van der Waals surface area contributed by atoms with Gasteiger partial charge in [-0.25, -0.2) is 4.98 Å². The Hall–Kier alpha value is -1.58. The van der Waals surface area contributed by atoms with E-state index in [1.54, 1.807) is 0 Å². The molecule has 0 unspecified atom stereocenters. The number of rotatable bonds is 6. The first-order chi connectivity index (χ1) is 10.1. The van der Waals surface area contributed by atoms with E-state index in [1.165, 1.54) is 5.56 Å². The molecule has 0 fully saturated rings. The molecule has 112 valence electrons. The van der Waals surface area contributed by atoms with Crippen LogP contribution in [0.2, 0.25) is 5.02 Å². The lowest BCUT2D eigenvalue weighted by Gasteiger charge is -2.11. The molecule has 0 radical (unpaired) electrons. The van der Waals surface area contributed by atoms with Crippen molar-refractivity contribution in [2.45, 2.75) is 33.7 Å². The number of hydrogen-bond donors (Lipinski definition) is 1. The van der Waals surface area contributed by atoms with Crippen molar-refractivity contribution in [3.8, 4) is 11.6 Å². The molecule has 0 bridgehead atoms. The van der Waals surface area contributed by atoms with Gasteiger partial charge in [0.1, 0.15) is 5.75 Å². The van der Waals surface area contributed by atoms with Crippen LogP contribution in [0.5, 0.6) is 11.6 Å². The van der Waals surface area contributed by atoms with Crippen molar-refractivity contribution in [1.82, 2.24) is 10.3 Å². The summed E-state index contributed by atoms with van der Waals surface area (Å²) < 4.78 is 5.88. The van der Waals surface area contributed by atoms with Gasteiger partial charge in [0.25, 0.3) is 0 Å². The molecule has 0 amide bonds. The second kappa shape index (κ2) is 7.43. The Morgan fingerprint density at radius 1 is 1.19 bits per heavy atom. The van der Waals surface area contributed by atoms with Gasteiger partial charge in [0.15, 0.2) is 0 Å². The van der Waals surface area contributed by atoms with Gasteiger partial charge in [0.2, 0.25) is 5.88 Å². The number of hydrogen-bond acceptors (Lipinski definition) is 3. The average molecular weight is 305 g/mol. The molecular weight excluding hydrogens is 284 g/mol. The summed E-state index contributed by atoms with van der Waals surface area (Å²) >= 11 is 6.18. The highest BCUT2D eigenvalue weighted by Gasteiger charge is 2.07. The number of aryl methyl sites for hydroxylation is 2. The standard InChI is InChI=1S/C17H21ClN2O/c1-4-14-9-13(11-19-5-2)10-17(20-14)21-16-8-12(3)6-7-15(16)18/h6-10,19H,4-5,11H2,1-3H3. The second-order valence-corrected chi connectivity index (χ2v) is 5.38. The summed E-state index contributed by atoms with van der Waals surface area (Å²) in [5.74, 6) is 1.24. The molecule has 1 heterocycles.